The molecule has 2 aromatic heterocycles. The van der Waals surface area contributed by atoms with Crippen LogP contribution in [0.4, 0.5) is 14.9 Å². The van der Waals surface area contributed by atoms with Crippen molar-refractivity contribution in [2.24, 2.45) is 4.99 Å². The van der Waals surface area contributed by atoms with Crippen molar-refractivity contribution in [1.29, 1.82) is 0 Å². The topological polar surface area (TPSA) is 135 Å². The molecule has 1 aliphatic heterocycles. The van der Waals surface area contributed by atoms with Gasteiger partial charge in [-0.1, -0.05) is 17.7 Å². The summed E-state index contributed by atoms with van der Waals surface area (Å²) in [6.07, 6.45) is 0. The number of nitrogens with zero attached hydrogens (tertiary/aromatic N) is 3. The molecule has 5 rings (SSSR count). The Morgan fingerprint density at radius 3 is 2.68 bits per heavy atom. The molecule has 10 nitrogen and oxygen atoms in total. The quantitative estimate of drug-likeness (QED) is 0.342. The van der Waals surface area contributed by atoms with E-state index in [9.17, 15) is 18.0 Å². The number of carbonyl (C=O) groups is 1. The predicted molar refractivity (Wildman–Crippen MR) is 140 cm³/mol. The molecule has 37 heavy (non-hydrogen) atoms. The first-order valence-corrected chi connectivity index (χ1v) is 13.5. The highest BCUT2D eigenvalue weighted by atomic mass is 35.5. The second-order valence-corrected chi connectivity index (χ2v) is 11.6. The second kappa shape index (κ2) is 9.57. The number of aryl methyl sites for hydroxylation is 1. The van der Waals surface area contributed by atoms with Gasteiger partial charge in [0.05, 0.1) is 27.5 Å². The number of amides is 2. The Morgan fingerprint density at radius 2 is 2.00 bits per heavy atom. The summed E-state index contributed by atoms with van der Waals surface area (Å²) >= 11 is 6.53. The summed E-state index contributed by atoms with van der Waals surface area (Å²) < 4.78 is 42.7. The summed E-state index contributed by atoms with van der Waals surface area (Å²) in [5, 5.41) is 5.74. The number of carbonyl (C=O) groups excluding carboxylic acids is 1. The van der Waals surface area contributed by atoms with E-state index in [2.05, 4.69) is 20.6 Å². The minimum Gasteiger partial charge on any atom is -0.368 e. The molecule has 3 heterocycles. The maximum atomic E-state index is 15.1. The van der Waals surface area contributed by atoms with Crippen molar-refractivity contribution in [1.82, 2.24) is 19.6 Å². The second-order valence-electron chi connectivity index (χ2n) is 7.97. The van der Waals surface area contributed by atoms with E-state index >= 15 is 4.39 Å². The van der Waals surface area contributed by atoms with E-state index in [-0.39, 0.29) is 25.7 Å². The number of hydrogen-bond donors (Lipinski definition) is 3. The number of aromatic nitrogens is 2. The van der Waals surface area contributed by atoms with Gasteiger partial charge in [0, 0.05) is 17.8 Å². The van der Waals surface area contributed by atoms with Crippen molar-refractivity contribution in [3.8, 4) is 5.69 Å². The molecule has 4 aromatic rings. The number of aliphatic imine (C=N–C) groups is 1. The lowest BCUT2D eigenvalue weighted by molar-refractivity contribution is 0.256. The van der Waals surface area contributed by atoms with Gasteiger partial charge in [-0.3, -0.25) is 14.4 Å². The number of rotatable bonds is 5. The van der Waals surface area contributed by atoms with Crippen LogP contribution in [-0.2, 0) is 10.0 Å². The zero-order valence-corrected chi connectivity index (χ0v) is 21.5. The minimum atomic E-state index is -4.15. The maximum absolute atomic E-state index is 15.1. The molecule has 190 valence electrons. The number of amidine groups is 1. The largest absolute Gasteiger partial charge is 0.368 e. The summed E-state index contributed by atoms with van der Waals surface area (Å²) in [6, 6.07) is 10.3. The highest BCUT2D eigenvalue weighted by Crippen LogP contribution is 2.25. The normalized spacial score (nSPS) is 13.3. The summed E-state index contributed by atoms with van der Waals surface area (Å²) in [5.74, 6) is 0.169. The van der Waals surface area contributed by atoms with Crippen LogP contribution >= 0.6 is 22.9 Å². The van der Waals surface area contributed by atoms with Crippen molar-refractivity contribution < 1.29 is 17.6 Å². The van der Waals surface area contributed by atoms with Crippen LogP contribution in [0.5, 0.6) is 0 Å². The van der Waals surface area contributed by atoms with E-state index in [1.54, 1.807) is 25.1 Å². The molecule has 2 aromatic carbocycles. The third-order valence-corrected chi connectivity index (χ3v) is 8.53. The first-order valence-electron chi connectivity index (χ1n) is 10.8. The monoisotopic (exact) mass is 560 g/mol. The van der Waals surface area contributed by atoms with Gasteiger partial charge >= 0.3 is 6.03 Å². The number of sulfonamides is 1. The number of hydrogen-bond acceptors (Lipinski definition) is 8. The summed E-state index contributed by atoms with van der Waals surface area (Å²) in [7, 11) is -4.15. The Kier molecular flexibility index (Phi) is 6.43. The predicted octanol–water partition coefficient (Wildman–Crippen LogP) is 3.41. The van der Waals surface area contributed by atoms with Crippen molar-refractivity contribution in [2.75, 3.05) is 18.4 Å². The van der Waals surface area contributed by atoms with Crippen LogP contribution in [0, 0.1) is 12.7 Å². The first-order chi connectivity index (χ1) is 17.6. The fourth-order valence-electron chi connectivity index (χ4n) is 3.86. The van der Waals surface area contributed by atoms with Crippen molar-refractivity contribution in [2.45, 2.75) is 11.1 Å². The lowest BCUT2D eigenvalue weighted by Crippen LogP contribution is -2.34. The number of urea groups is 1. The average Bonchev–Trinajstić information content (AvgIpc) is 3.52. The molecular weight excluding hydrogens is 543 g/mol. The molecule has 14 heteroatoms. The Labute approximate surface area is 218 Å². The SMILES string of the molecule is Cc1nc2cc(C3=NCCN3)ccc2c(=O)n1-c1ccc(NC(=O)NS(=O)(=O)c2ccc(Cl)s2)cc1F. The van der Waals surface area contributed by atoms with Crippen LogP contribution < -0.4 is 20.9 Å². The van der Waals surface area contributed by atoms with Crippen LogP contribution in [0.25, 0.3) is 16.6 Å². The van der Waals surface area contributed by atoms with E-state index < -0.39 is 27.4 Å². The smallest absolute Gasteiger partial charge is 0.333 e. The summed E-state index contributed by atoms with van der Waals surface area (Å²) in [4.78, 5) is 34.3. The van der Waals surface area contributed by atoms with Gasteiger partial charge < -0.3 is 10.6 Å². The Balaban J connectivity index is 1.41. The summed E-state index contributed by atoms with van der Waals surface area (Å²) in [6.45, 7) is 3.00. The minimum absolute atomic E-state index is 0.0212. The number of thiophene rings is 1. The first kappa shape index (κ1) is 24.9. The number of nitrogens with one attached hydrogen (secondary N) is 3. The van der Waals surface area contributed by atoms with E-state index in [1.165, 1.54) is 24.3 Å². The highest BCUT2D eigenvalue weighted by molar-refractivity contribution is 7.92. The highest BCUT2D eigenvalue weighted by Gasteiger charge is 2.21. The zero-order chi connectivity index (χ0) is 26.3. The van der Waals surface area contributed by atoms with E-state index in [1.807, 2.05) is 4.72 Å². The Morgan fingerprint density at radius 1 is 1.19 bits per heavy atom. The van der Waals surface area contributed by atoms with E-state index in [0.29, 0.717) is 17.4 Å². The van der Waals surface area contributed by atoms with Gasteiger partial charge in [0.15, 0.2) is 0 Å². The lowest BCUT2D eigenvalue weighted by Gasteiger charge is -2.14. The van der Waals surface area contributed by atoms with Crippen LogP contribution in [-0.4, -0.2) is 42.9 Å². The van der Waals surface area contributed by atoms with Gasteiger partial charge in [0.2, 0.25) is 0 Å². The Hall–Kier alpha value is -3.81. The third kappa shape index (κ3) is 4.92. The van der Waals surface area contributed by atoms with E-state index in [4.69, 9.17) is 11.6 Å². The van der Waals surface area contributed by atoms with Crippen LogP contribution in [0.15, 0.2) is 62.5 Å². The van der Waals surface area contributed by atoms with Gasteiger partial charge in [-0.2, -0.15) is 0 Å². The average molecular weight is 561 g/mol. The number of anilines is 1. The van der Waals surface area contributed by atoms with E-state index in [0.717, 1.165) is 39.9 Å². The number of fused-ring (bicyclic) bond motifs is 1. The van der Waals surface area contributed by atoms with Crippen molar-refractivity contribution in [3.63, 3.8) is 0 Å². The third-order valence-electron chi connectivity index (χ3n) is 5.47. The van der Waals surface area contributed by atoms with Gasteiger partial charge in [-0.25, -0.2) is 27.3 Å². The van der Waals surface area contributed by atoms with Gasteiger partial charge in [0.25, 0.3) is 15.6 Å². The summed E-state index contributed by atoms with van der Waals surface area (Å²) in [5.41, 5.74) is 0.699. The maximum Gasteiger partial charge on any atom is 0.333 e. The lowest BCUT2D eigenvalue weighted by atomic mass is 10.1. The van der Waals surface area contributed by atoms with Crippen molar-refractivity contribution in [3.05, 3.63) is 80.4 Å². The van der Waals surface area contributed by atoms with Gasteiger partial charge in [-0.15, -0.1) is 11.3 Å². The zero-order valence-electron chi connectivity index (χ0n) is 19.1. The molecule has 0 atom stereocenters. The standard InChI is InChI=1S/C23H18ClFN6O4S2/c1-12-28-17-10-13(21-26-8-9-27-21)2-4-15(17)22(32)31(12)18-5-3-14(11-16(18)25)29-23(33)30-37(34,35)20-7-6-19(24)36-20/h2-7,10-11H,8-9H2,1H3,(H,26,27)(H2,29,30,33). The van der Waals surface area contributed by atoms with Gasteiger partial charge in [-0.05, 0) is 49.4 Å². The van der Waals surface area contributed by atoms with Crippen molar-refractivity contribution >= 4 is 61.4 Å². The molecule has 0 radical (unpaired) electrons. The molecule has 0 aliphatic carbocycles. The van der Waals surface area contributed by atoms with Crippen LogP contribution in [0.2, 0.25) is 4.34 Å². The molecule has 2 amide bonds. The fourth-order valence-corrected chi connectivity index (χ4v) is 6.25. The molecule has 0 bridgehead atoms. The molecule has 0 fully saturated rings. The molecule has 0 saturated carbocycles. The number of halogens is 2. The van der Waals surface area contributed by atoms with Crippen LogP contribution in [0.3, 0.4) is 0 Å². The molecule has 0 saturated heterocycles. The Bertz CT molecular complexity index is 1770. The molecule has 1 aliphatic rings. The molecular formula is C23H18ClFN6O4S2. The molecule has 0 unspecified atom stereocenters. The fraction of sp³-hybridized carbons (Fsp3) is 0.130. The molecule has 3 N–H and O–H groups in total. The van der Waals surface area contributed by atoms with Crippen LogP contribution in [0.1, 0.15) is 11.4 Å². The van der Waals surface area contributed by atoms with Gasteiger partial charge in [0.1, 0.15) is 21.7 Å². The number of benzene rings is 2. The molecule has 0 spiro atoms.